The SMILES string of the molecule is O=C(O)Nc1cc(C(F)(F)F)c(Cl)cc1NC(=O)CC(=O)c1cccc(-c2ccncc2)c1. The fourth-order valence-corrected chi connectivity index (χ4v) is 3.24. The summed E-state index contributed by atoms with van der Waals surface area (Å²) in [5.41, 5.74) is -0.360. The van der Waals surface area contributed by atoms with E-state index in [2.05, 4.69) is 10.3 Å². The van der Waals surface area contributed by atoms with Crippen molar-refractivity contribution in [3.63, 3.8) is 0 Å². The van der Waals surface area contributed by atoms with Crippen molar-refractivity contribution in [1.29, 1.82) is 0 Å². The highest BCUT2D eigenvalue weighted by Crippen LogP contribution is 2.39. The van der Waals surface area contributed by atoms with Gasteiger partial charge in [-0.25, -0.2) is 4.79 Å². The second kappa shape index (κ2) is 9.70. The number of nitrogens with one attached hydrogen (secondary N) is 2. The average Bonchev–Trinajstić information content (AvgIpc) is 2.75. The number of amides is 2. The molecule has 0 fully saturated rings. The Morgan fingerprint density at radius 2 is 1.61 bits per heavy atom. The van der Waals surface area contributed by atoms with Gasteiger partial charge < -0.3 is 10.4 Å². The summed E-state index contributed by atoms with van der Waals surface area (Å²) in [5.74, 6) is -1.41. The predicted octanol–water partition coefficient (Wildman–Crippen LogP) is 5.72. The van der Waals surface area contributed by atoms with Gasteiger partial charge >= 0.3 is 12.3 Å². The van der Waals surface area contributed by atoms with Gasteiger partial charge in [0.1, 0.15) is 0 Å². The van der Waals surface area contributed by atoms with Crippen molar-refractivity contribution in [3.05, 3.63) is 77.1 Å². The second-order valence-electron chi connectivity index (χ2n) is 6.77. The molecular formula is C22H15ClF3N3O4. The third-order valence-electron chi connectivity index (χ3n) is 4.45. The average molecular weight is 478 g/mol. The van der Waals surface area contributed by atoms with Crippen LogP contribution in [0.3, 0.4) is 0 Å². The van der Waals surface area contributed by atoms with Crippen LogP contribution in [0.5, 0.6) is 0 Å². The van der Waals surface area contributed by atoms with Crippen LogP contribution in [0.4, 0.5) is 29.3 Å². The number of nitrogens with zero attached hydrogens (tertiary/aromatic N) is 1. The third kappa shape index (κ3) is 6.07. The highest BCUT2D eigenvalue weighted by Gasteiger charge is 2.34. The van der Waals surface area contributed by atoms with E-state index in [9.17, 15) is 27.6 Å². The van der Waals surface area contributed by atoms with Crippen molar-refractivity contribution in [3.8, 4) is 11.1 Å². The van der Waals surface area contributed by atoms with E-state index in [-0.39, 0.29) is 11.3 Å². The molecular weight excluding hydrogens is 463 g/mol. The van der Waals surface area contributed by atoms with Gasteiger partial charge in [-0.1, -0.05) is 29.8 Å². The van der Waals surface area contributed by atoms with E-state index in [1.807, 2.05) is 0 Å². The van der Waals surface area contributed by atoms with Gasteiger partial charge in [-0.15, -0.1) is 0 Å². The highest BCUT2D eigenvalue weighted by atomic mass is 35.5. The molecule has 11 heteroatoms. The van der Waals surface area contributed by atoms with Crippen LogP contribution < -0.4 is 10.6 Å². The number of alkyl halides is 3. The van der Waals surface area contributed by atoms with E-state index in [0.717, 1.165) is 17.2 Å². The van der Waals surface area contributed by atoms with Crippen LogP contribution in [0.25, 0.3) is 11.1 Å². The number of halogens is 4. The Bertz CT molecular complexity index is 1220. The third-order valence-corrected chi connectivity index (χ3v) is 4.76. The van der Waals surface area contributed by atoms with E-state index in [4.69, 9.17) is 16.7 Å². The predicted molar refractivity (Wildman–Crippen MR) is 115 cm³/mol. The number of hydrogen-bond donors (Lipinski definition) is 3. The lowest BCUT2D eigenvalue weighted by Gasteiger charge is -2.16. The molecule has 170 valence electrons. The molecule has 0 aliphatic heterocycles. The monoisotopic (exact) mass is 477 g/mol. The van der Waals surface area contributed by atoms with Crippen LogP contribution in [-0.2, 0) is 11.0 Å². The van der Waals surface area contributed by atoms with Gasteiger partial charge in [0.2, 0.25) is 5.91 Å². The zero-order valence-electron chi connectivity index (χ0n) is 16.6. The maximum atomic E-state index is 13.1. The molecule has 7 nitrogen and oxygen atoms in total. The molecule has 0 atom stereocenters. The van der Waals surface area contributed by atoms with Crippen molar-refractivity contribution in [2.75, 3.05) is 10.6 Å². The minimum Gasteiger partial charge on any atom is -0.465 e. The van der Waals surface area contributed by atoms with Crippen LogP contribution in [0.15, 0.2) is 60.9 Å². The molecule has 0 bridgehead atoms. The quantitative estimate of drug-likeness (QED) is 0.311. The van der Waals surface area contributed by atoms with E-state index in [1.54, 1.807) is 48.0 Å². The van der Waals surface area contributed by atoms with E-state index in [1.165, 1.54) is 6.07 Å². The van der Waals surface area contributed by atoms with Crippen LogP contribution >= 0.6 is 11.6 Å². The Balaban J connectivity index is 1.80. The minimum atomic E-state index is -4.84. The maximum Gasteiger partial charge on any atom is 0.417 e. The van der Waals surface area contributed by atoms with Crippen LogP contribution in [0.2, 0.25) is 5.02 Å². The summed E-state index contributed by atoms with van der Waals surface area (Å²) in [6.07, 6.45) is -3.94. The molecule has 3 N–H and O–H groups in total. The summed E-state index contributed by atoms with van der Waals surface area (Å²) < 4.78 is 39.2. The van der Waals surface area contributed by atoms with Crippen molar-refractivity contribution in [1.82, 2.24) is 4.98 Å². The second-order valence-corrected chi connectivity index (χ2v) is 7.18. The molecule has 3 rings (SSSR count). The van der Waals surface area contributed by atoms with Crippen LogP contribution in [-0.4, -0.2) is 27.9 Å². The van der Waals surface area contributed by atoms with Gasteiger partial charge in [0.15, 0.2) is 5.78 Å². The Morgan fingerprint density at radius 1 is 0.939 bits per heavy atom. The lowest BCUT2D eigenvalue weighted by Crippen LogP contribution is -2.19. The number of anilines is 2. The molecule has 0 saturated carbocycles. The van der Waals surface area contributed by atoms with E-state index < -0.39 is 46.7 Å². The van der Waals surface area contributed by atoms with E-state index >= 15 is 0 Å². The van der Waals surface area contributed by atoms with Crippen molar-refractivity contribution in [2.24, 2.45) is 0 Å². The number of benzene rings is 2. The fraction of sp³-hybridized carbons (Fsp3) is 0.0909. The summed E-state index contributed by atoms with van der Waals surface area (Å²) >= 11 is 5.67. The first-order valence-corrected chi connectivity index (χ1v) is 9.66. The minimum absolute atomic E-state index is 0.244. The van der Waals surface area contributed by atoms with Gasteiger partial charge in [-0.05, 0) is 41.5 Å². The normalized spacial score (nSPS) is 11.0. The van der Waals surface area contributed by atoms with Crippen LogP contribution in [0, 0.1) is 0 Å². The molecule has 1 heterocycles. The number of carbonyl (C=O) groups excluding carboxylic acids is 2. The molecule has 0 saturated heterocycles. The summed E-state index contributed by atoms with van der Waals surface area (Å²) in [4.78, 5) is 39.9. The van der Waals surface area contributed by atoms with Gasteiger partial charge in [0.25, 0.3) is 0 Å². The molecule has 2 aromatic carbocycles. The number of Topliss-reactive ketones (excluding diaryl/α,β-unsaturated/α-hetero) is 1. The van der Waals surface area contributed by atoms with Gasteiger partial charge in [0, 0.05) is 18.0 Å². The van der Waals surface area contributed by atoms with Gasteiger partial charge in [-0.3, -0.25) is 19.9 Å². The van der Waals surface area contributed by atoms with Gasteiger partial charge in [-0.2, -0.15) is 13.2 Å². The Morgan fingerprint density at radius 3 is 2.24 bits per heavy atom. The first kappa shape index (κ1) is 23.7. The summed E-state index contributed by atoms with van der Waals surface area (Å²) in [6.45, 7) is 0. The number of aromatic nitrogens is 1. The standard InChI is InChI=1S/C22H15ClF3N3O4/c23-16-10-18(17(29-21(32)33)9-15(16)22(24,25)26)28-20(31)11-19(30)14-3-1-2-13(8-14)12-4-6-27-7-5-12/h1-10,29H,11H2,(H,28,31)(H,32,33). The number of carbonyl (C=O) groups is 3. The molecule has 0 unspecified atom stereocenters. The lowest BCUT2D eigenvalue weighted by molar-refractivity contribution is -0.137. The molecule has 33 heavy (non-hydrogen) atoms. The topological polar surface area (TPSA) is 108 Å². The molecule has 3 aromatic rings. The number of hydrogen-bond acceptors (Lipinski definition) is 4. The molecule has 2 amide bonds. The highest BCUT2D eigenvalue weighted by molar-refractivity contribution is 6.32. The first-order valence-electron chi connectivity index (χ1n) is 9.29. The molecule has 1 aromatic heterocycles. The Labute approximate surface area is 190 Å². The van der Waals surface area contributed by atoms with E-state index in [0.29, 0.717) is 6.07 Å². The molecule has 0 aliphatic rings. The molecule has 0 radical (unpaired) electrons. The fourth-order valence-electron chi connectivity index (χ4n) is 2.97. The number of pyridine rings is 1. The lowest BCUT2D eigenvalue weighted by atomic mass is 10.0. The summed E-state index contributed by atoms with van der Waals surface area (Å²) in [6, 6.07) is 11.3. The van der Waals surface area contributed by atoms with Crippen molar-refractivity contribution >= 4 is 40.8 Å². The van der Waals surface area contributed by atoms with Crippen molar-refractivity contribution < 1.29 is 32.7 Å². The van der Waals surface area contributed by atoms with Gasteiger partial charge in [0.05, 0.1) is 28.4 Å². The largest absolute Gasteiger partial charge is 0.465 e. The molecule has 0 spiro atoms. The first-order chi connectivity index (χ1) is 15.5. The number of ketones is 1. The van der Waals surface area contributed by atoms with Crippen LogP contribution in [0.1, 0.15) is 22.3 Å². The number of rotatable bonds is 6. The smallest absolute Gasteiger partial charge is 0.417 e. The summed E-state index contributed by atoms with van der Waals surface area (Å²) in [5, 5.41) is 12.2. The maximum absolute atomic E-state index is 13.1. The van der Waals surface area contributed by atoms with Crippen molar-refractivity contribution in [2.45, 2.75) is 12.6 Å². The Kier molecular flexibility index (Phi) is 6.98. The molecule has 0 aliphatic carbocycles. The Hall–Kier alpha value is -3.92. The zero-order valence-corrected chi connectivity index (χ0v) is 17.4. The number of carboxylic acid groups (broad SMARTS) is 1. The summed E-state index contributed by atoms with van der Waals surface area (Å²) in [7, 11) is 0. The zero-order chi connectivity index (χ0) is 24.2.